The van der Waals surface area contributed by atoms with Crippen LogP contribution in [0.25, 0.3) is 0 Å². The lowest BCUT2D eigenvalue weighted by Gasteiger charge is -2.35. The molecule has 1 atom stereocenters. The van der Waals surface area contributed by atoms with Crippen molar-refractivity contribution in [1.29, 1.82) is 0 Å². The van der Waals surface area contributed by atoms with Crippen molar-refractivity contribution in [2.24, 2.45) is 0 Å². The first-order chi connectivity index (χ1) is 11.7. The molecule has 1 fully saturated rings. The van der Waals surface area contributed by atoms with Crippen LogP contribution in [0.15, 0.2) is 23.1 Å². The van der Waals surface area contributed by atoms with Crippen molar-refractivity contribution >= 4 is 33.2 Å². The van der Waals surface area contributed by atoms with Crippen LogP contribution >= 0.6 is 23.2 Å². The van der Waals surface area contributed by atoms with E-state index in [1.807, 2.05) is 18.7 Å². The van der Waals surface area contributed by atoms with Gasteiger partial charge in [-0.25, -0.2) is 8.42 Å². The second-order valence-corrected chi connectivity index (χ2v) is 9.07. The first-order valence-electron chi connectivity index (χ1n) is 8.17. The third-order valence-electron chi connectivity index (χ3n) is 3.95. The molecule has 0 spiro atoms. The lowest BCUT2D eigenvalue weighted by atomic mass is 10.3. The Hall–Kier alpha value is -0.410. The molecular formula is C16H24Cl2N2O4S. The van der Waals surface area contributed by atoms with Gasteiger partial charge in [0.25, 0.3) is 0 Å². The summed E-state index contributed by atoms with van der Waals surface area (Å²) in [6.45, 7) is 6.41. The first kappa shape index (κ1) is 20.9. The van der Waals surface area contributed by atoms with Crippen LogP contribution in [0.2, 0.25) is 10.0 Å². The van der Waals surface area contributed by atoms with Gasteiger partial charge in [-0.3, -0.25) is 4.90 Å². The highest BCUT2D eigenvalue weighted by Crippen LogP contribution is 2.27. The molecule has 9 heteroatoms. The molecule has 1 aromatic rings. The Balaban J connectivity index is 1.91. The number of ether oxygens (including phenoxy) is 1. The van der Waals surface area contributed by atoms with Crippen molar-refractivity contribution in [3.63, 3.8) is 0 Å². The second kappa shape index (κ2) is 8.99. The summed E-state index contributed by atoms with van der Waals surface area (Å²) < 4.78 is 32.2. The number of halogens is 2. The minimum Gasteiger partial charge on any atom is -0.389 e. The van der Waals surface area contributed by atoms with E-state index in [4.69, 9.17) is 27.9 Å². The van der Waals surface area contributed by atoms with Crippen LogP contribution in [0.5, 0.6) is 0 Å². The highest BCUT2D eigenvalue weighted by atomic mass is 35.5. The number of aliphatic hydroxyl groups is 1. The van der Waals surface area contributed by atoms with E-state index in [9.17, 15) is 13.5 Å². The average molecular weight is 411 g/mol. The Bertz CT molecular complexity index is 677. The standard InChI is InChI=1S/C16H24Cl2N2O4S/c1-12(2)24-11-13(21)10-19-5-7-20(8-6-19)25(22,23)14-3-4-15(17)16(18)9-14/h3-4,9,12-13,21H,5-8,10-11H2,1-2H3. The van der Waals surface area contributed by atoms with Crippen LogP contribution in [0.4, 0.5) is 0 Å². The number of sulfonamides is 1. The van der Waals surface area contributed by atoms with Gasteiger partial charge in [0.15, 0.2) is 0 Å². The quantitative estimate of drug-likeness (QED) is 0.744. The summed E-state index contributed by atoms with van der Waals surface area (Å²) in [6, 6.07) is 4.32. The van der Waals surface area contributed by atoms with E-state index in [-0.39, 0.29) is 22.6 Å². The molecule has 2 rings (SSSR count). The molecule has 1 aromatic carbocycles. The summed E-state index contributed by atoms with van der Waals surface area (Å²) >= 11 is 11.8. The summed E-state index contributed by atoms with van der Waals surface area (Å²) in [6.07, 6.45) is -0.511. The number of aliphatic hydroxyl groups excluding tert-OH is 1. The Kier molecular flexibility index (Phi) is 7.52. The Morgan fingerprint density at radius 2 is 1.80 bits per heavy atom. The van der Waals surface area contributed by atoms with E-state index in [0.717, 1.165) is 0 Å². The zero-order valence-electron chi connectivity index (χ0n) is 14.4. The SMILES string of the molecule is CC(C)OCC(O)CN1CCN(S(=O)(=O)c2ccc(Cl)c(Cl)c2)CC1. The van der Waals surface area contributed by atoms with E-state index in [1.54, 1.807) is 0 Å². The van der Waals surface area contributed by atoms with Crippen LogP contribution in [0.1, 0.15) is 13.8 Å². The molecule has 0 saturated carbocycles. The fourth-order valence-corrected chi connectivity index (χ4v) is 4.40. The van der Waals surface area contributed by atoms with Gasteiger partial charge in [0.05, 0.1) is 33.8 Å². The third kappa shape index (κ3) is 5.79. The number of rotatable bonds is 7. The minimum atomic E-state index is -3.60. The van der Waals surface area contributed by atoms with Crippen molar-refractivity contribution < 1.29 is 18.3 Å². The molecule has 1 aliphatic rings. The molecule has 1 aliphatic heterocycles. The number of hydrogen-bond donors (Lipinski definition) is 1. The van der Waals surface area contributed by atoms with Gasteiger partial charge in [0.2, 0.25) is 10.0 Å². The van der Waals surface area contributed by atoms with Gasteiger partial charge < -0.3 is 9.84 Å². The van der Waals surface area contributed by atoms with Crippen molar-refractivity contribution in [2.45, 2.75) is 31.0 Å². The zero-order valence-corrected chi connectivity index (χ0v) is 16.7. The molecule has 1 unspecified atom stereocenters. The second-order valence-electron chi connectivity index (χ2n) is 6.32. The monoisotopic (exact) mass is 410 g/mol. The maximum atomic E-state index is 12.7. The molecule has 0 amide bonds. The topological polar surface area (TPSA) is 70.1 Å². The molecular weight excluding hydrogens is 387 g/mol. The van der Waals surface area contributed by atoms with Crippen LogP contribution in [-0.2, 0) is 14.8 Å². The molecule has 142 valence electrons. The average Bonchev–Trinajstić information content (AvgIpc) is 2.56. The Labute approximate surface area is 159 Å². The predicted octanol–water partition coefficient (Wildman–Crippen LogP) is 2.09. The largest absolute Gasteiger partial charge is 0.389 e. The number of β-amino-alcohol motifs (C(OH)–C–C–N with tert-alkyl or cyclic N) is 1. The summed E-state index contributed by atoms with van der Waals surface area (Å²) in [4.78, 5) is 2.18. The Morgan fingerprint density at radius 3 is 2.36 bits per heavy atom. The maximum Gasteiger partial charge on any atom is 0.243 e. The first-order valence-corrected chi connectivity index (χ1v) is 10.4. The molecule has 0 aromatic heterocycles. The summed E-state index contributed by atoms with van der Waals surface area (Å²) in [5.74, 6) is 0. The Morgan fingerprint density at radius 1 is 1.16 bits per heavy atom. The molecule has 0 bridgehead atoms. The van der Waals surface area contributed by atoms with Crippen LogP contribution < -0.4 is 0 Å². The van der Waals surface area contributed by atoms with Crippen molar-refractivity contribution in [3.8, 4) is 0 Å². The van der Waals surface area contributed by atoms with Crippen LogP contribution in [0, 0.1) is 0 Å². The lowest BCUT2D eigenvalue weighted by molar-refractivity contribution is -0.0117. The van der Waals surface area contributed by atoms with Gasteiger partial charge in [-0.1, -0.05) is 23.2 Å². The molecule has 0 radical (unpaired) electrons. The lowest BCUT2D eigenvalue weighted by Crippen LogP contribution is -2.50. The molecule has 6 nitrogen and oxygen atoms in total. The summed E-state index contributed by atoms with van der Waals surface area (Å²) in [7, 11) is -3.60. The minimum absolute atomic E-state index is 0.0721. The zero-order chi connectivity index (χ0) is 18.6. The normalized spacial score (nSPS) is 18.6. The van der Waals surface area contributed by atoms with Crippen molar-refractivity contribution in [3.05, 3.63) is 28.2 Å². The van der Waals surface area contributed by atoms with Gasteiger partial charge in [-0.05, 0) is 32.0 Å². The molecule has 25 heavy (non-hydrogen) atoms. The van der Waals surface area contributed by atoms with Gasteiger partial charge in [-0.15, -0.1) is 0 Å². The fraction of sp³-hybridized carbons (Fsp3) is 0.625. The number of nitrogens with zero attached hydrogens (tertiary/aromatic N) is 2. The van der Waals surface area contributed by atoms with E-state index in [1.165, 1.54) is 22.5 Å². The van der Waals surface area contributed by atoms with Crippen LogP contribution in [0.3, 0.4) is 0 Å². The van der Waals surface area contributed by atoms with E-state index in [0.29, 0.717) is 37.7 Å². The molecule has 1 heterocycles. The number of hydrogen-bond acceptors (Lipinski definition) is 5. The van der Waals surface area contributed by atoms with Gasteiger partial charge >= 0.3 is 0 Å². The van der Waals surface area contributed by atoms with E-state index < -0.39 is 16.1 Å². The van der Waals surface area contributed by atoms with Crippen molar-refractivity contribution in [2.75, 3.05) is 39.3 Å². The number of piperazine rings is 1. The van der Waals surface area contributed by atoms with Crippen molar-refractivity contribution in [1.82, 2.24) is 9.21 Å². The van der Waals surface area contributed by atoms with Gasteiger partial charge in [-0.2, -0.15) is 4.31 Å². The predicted molar refractivity (Wildman–Crippen MR) is 98.8 cm³/mol. The fourth-order valence-electron chi connectivity index (χ4n) is 2.59. The molecule has 0 aliphatic carbocycles. The molecule has 1 saturated heterocycles. The highest BCUT2D eigenvalue weighted by Gasteiger charge is 2.29. The number of benzene rings is 1. The third-order valence-corrected chi connectivity index (χ3v) is 6.58. The van der Waals surface area contributed by atoms with E-state index >= 15 is 0 Å². The molecule has 1 N–H and O–H groups in total. The maximum absolute atomic E-state index is 12.7. The van der Waals surface area contributed by atoms with Gasteiger partial charge in [0.1, 0.15) is 0 Å². The summed E-state index contributed by atoms with van der Waals surface area (Å²) in [5, 5.41) is 10.5. The highest BCUT2D eigenvalue weighted by molar-refractivity contribution is 7.89. The van der Waals surface area contributed by atoms with E-state index in [2.05, 4.69) is 0 Å². The summed E-state index contributed by atoms with van der Waals surface area (Å²) in [5.41, 5.74) is 0. The smallest absolute Gasteiger partial charge is 0.243 e. The van der Waals surface area contributed by atoms with Gasteiger partial charge in [0, 0.05) is 32.7 Å². The van der Waals surface area contributed by atoms with Crippen LogP contribution in [-0.4, -0.2) is 74.3 Å².